The number of hydrogen-bond donors (Lipinski definition) is 1. The summed E-state index contributed by atoms with van der Waals surface area (Å²) in [5, 5.41) is 10.5. The number of phenolic OH excluding ortho intramolecular Hbond substituents is 1. The summed E-state index contributed by atoms with van der Waals surface area (Å²) in [6.45, 7) is 4.45. The Bertz CT molecular complexity index is 789. The van der Waals surface area contributed by atoms with Crippen molar-refractivity contribution in [3.05, 3.63) is 101 Å². The van der Waals surface area contributed by atoms with Crippen LogP contribution < -0.4 is 0 Å². The summed E-state index contributed by atoms with van der Waals surface area (Å²) in [5.74, 6) is 0.396. The number of rotatable bonds is 5. The summed E-state index contributed by atoms with van der Waals surface area (Å²) in [5.41, 5.74) is 4.66. The monoisotopic (exact) mass is 316 g/mol. The molecule has 0 aliphatic heterocycles. The Morgan fingerprint density at radius 2 is 1.33 bits per heavy atom. The van der Waals surface area contributed by atoms with Crippen LogP contribution in [0, 0.1) is 0 Å². The van der Waals surface area contributed by atoms with E-state index in [1.54, 1.807) is 6.07 Å². The lowest BCUT2D eigenvalue weighted by molar-refractivity contribution is 0.463. The zero-order valence-electron chi connectivity index (χ0n) is 14.4. The molecule has 0 aromatic heterocycles. The molecule has 0 fully saturated rings. The minimum atomic E-state index is -0.147. The maximum absolute atomic E-state index is 10.5. The van der Waals surface area contributed by atoms with Crippen molar-refractivity contribution in [2.75, 3.05) is 0 Å². The lowest BCUT2D eigenvalue weighted by Crippen LogP contribution is -2.21. The number of aromatic hydroxyl groups is 1. The van der Waals surface area contributed by atoms with E-state index >= 15 is 0 Å². The van der Waals surface area contributed by atoms with Crippen molar-refractivity contribution < 1.29 is 5.11 Å². The van der Waals surface area contributed by atoms with Crippen LogP contribution in [-0.4, -0.2) is 5.11 Å². The van der Waals surface area contributed by atoms with Crippen LogP contribution in [0.3, 0.4) is 0 Å². The molecule has 0 amide bonds. The SMILES string of the molecule is CC(C)(c1ccccc1)c1cccc(O)c1CCc1ccccc1. The Balaban J connectivity index is 1.95. The lowest BCUT2D eigenvalue weighted by atomic mass is 9.75. The predicted molar refractivity (Wildman–Crippen MR) is 101 cm³/mol. The number of phenols is 1. The highest BCUT2D eigenvalue weighted by Crippen LogP contribution is 2.37. The van der Waals surface area contributed by atoms with Crippen molar-refractivity contribution >= 4 is 0 Å². The van der Waals surface area contributed by atoms with Gasteiger partial charge < -0.3 is 5.11 Å². The Hall–Kier alpha value is -2.54. The first-order valence-electron chi connectivity index (χ1n) is 8.50. The summed E-state index contributed by atoms with van der Waals surface area (Å²) < 4.78 is 0. The molecule has 3 aromatic rings. The molecule has 0 heterocycles. The van der Waals surface area contributed by atoms with E-state index in [1.165, 1.54) is 16.7 Å². The molecule has 0 spiro atoms. The topological polar surface area (TPSA) is 20.2 Å². The van der Waals surface area contributed by atoms with Crippen LogP contribution in [-0.2, 0) is 18.3 Å². The zero-order chi connectivity index (χ0) is 17.0. The van der Waals surface area contributed by atoms with Crippen molar-refractivity contribution in [2.45, 2.75) is 32.1 Å². The van der Waals surface area contributed by atoms with Gasteiger partial charge in [-0.1, -0.05) is 86.6 Å². The molecule has 0 atom stereocenters. The van der Waals surface area contributed by atoms with Gasteiger partial charge in [0.25, 0.3) is 0 Å². The molecule has 0 aliphatic carbocycles. The molecule has 122 valence electrons. The summed E-state index contributed by atoms with van der Waals surface area (Å²) >= 11 is 0. The fraction of sp³-hybridized carbons (Fsp3) is 0.217. The summed E-state index contributed by atoms with van der Waals surface area (Å²) in [6.07, 6.45) is 1.76. The zero-order valence-corrected chi connectivity index (χ0v) is 14.4. The molecule has 0 radical (unpaired) electrons. The van der Waals surface area contributed by atoms with Crippen LogP contribution in [0.25, 0.3) is 0 Å². The molecule has 24 heavy (non-hydrogen) atoms. The maximum atomic E-state index is 10.5. The third-order valence-corrected chi connectivity index (χ3v) is 4.83. The van der Waals surface area contributed by atoms with Gasteiger partial charge in [0.05, 0.1) is 0 Å². The Kier molecular flexibility index (Phi) is 4.71. The first kappa shape index (κ1) is 16.3. The standard InChI is InChI=1S/C23H24O/c1-23(2,19-12-7-4-8-13-19)21-14-9-15-22(24)20(21)17-16-18-10-5-3-6-11-18/h3-15,24H,16-17H2,1-2H3. The van der Waals surface area contributed by atoms with Gasteiger partial charge in [-0.15, -0.1) is 0 Å². The van der Waals surface area contributed by atoms with Gasteiger partial charge in [-0.05, 0) is 41.2 Å². The van der Waals surface area contributed by atoms with Crippen LogP contribution in [0.5, 0.6) is 5.75 Å². The second kappa shape index (κ2) is 6.92. The van der Waals surface area contributed by atoms with E-state index in [4.69, 9.17) is 0 Å². The molecule has 3 rings (SSSR count). The van der Waals surface area contributed by atoms with Crippen LogP contribution >= 0.6 is 0 Å². The molecule has 0 saturated heterocycles. The smallest absolute Gasteiger partial charge is 0.119 e. The van der Waals surface area contributed by atoms with Gasteiger partial charge in [-0.2, -0.15) is 0 Å². The van der Waals surface area contributed by atoms with E-state index in [1.807, 2.05) is 18.2 Å². The lowest BCUT2D eigenvalue weighted by Gasteiger charge is -2.29. The largest absolute Gasteiger partial charge is 0.508 e. The number of hydrogen-bond acceptors (Lipinski definition) is 1. The van der Waals surface area contributed by atoms with Crippen molar-refractivity contribution in [3.63, 3.8) is 0 Å². The van der Waals surface area contributed by atoms with Gasteiger partial charge in [0.1, 0.15) is 5.75 Å². The van der Waals surface area contributed by atoms with E-state index in [-0.39, 0.29) is 5.41 Å². The van der Waals surface area contributed by atoms with E-state index in [9.17, 15) is 5.11 Å². The van der Waals surface area contributed by atoms with Crippen LogP contribution in [0.2, 0.25) is 0 Å². The minimum Gasteiger partial charge on any atom is -0.508 e. The molecular weight excluding hydrogens is 292 g/mol. The molecule has 1 N–H and O–H groups in total. The fourth-order valence-corrected chi connectivity index (χ4v) is 3.35. The Morgan fingerprint density at radius 3 is 2.00 bits per heavy atom. The fourth-order valence-electron chi connectivity index (χ4n) is 3.35. The third-order valence-electron chi connectivity index (χ3n) is 4.83. The van der Waals surface area contributed by atoms with E-state index in [2.05, 4.69) is 68.4 Å². The second-order valence-corrected chi connectivity index (χ2v) is 6.78. The second-order valence-electron chi connectivity index (χ2n) is 6.78. The minimum absolute atomic E-state index is 0.147. The van der Waals surface area contributed by atoms with Crippen LogP contribution in [0.1, 0.15) is 36.1 Å². The summed E-state index contributed by atoms with van der Waals surface area (Å²) in [6, 6.07) is 26.8. The first-order valence-corrected chi connectivity index (χ1v) is 8.50. The highest BCUT2D eigenvalue weighted by molar-refractivity contribution is 5.48. The maximum Gasteiger partial charge on any atom is 0.119 e. The van der Waals surface area contributed by atoms with Crippen molar-refractivity contribution in [1.29, 1.82) is 0 Å². The highest BCUT2D eigenvalue weighted by Gasteiger charge is 2.26. The Labute approximate surface area is 144 Å². The van der Waals surface area contributed by atoms with Gasteiger partial charge in [-0.25, -0.2) is 0 Å². The molecular formula is C23H24O. The molecule has 1 heteroatoms. The normalized spacial score (nSPS) is 11.4. The van der Waals surface area contributed by atoms with E-state index in [0.29, 0.717) is 5.75 Å². The van der Waals surface area contributed by atoms with Gasteiger partial charge in [-0.3, -0.25) is 0 Å². The Morgan fingerprint density at radius 1 is 0.708 bits per heavy atom. The molecule has 0 aliphatic rings. The first-order chi connectivity index (χ1) is 11.6. The van der Waals surface area contributed by atoms with E-state index < -0.39 is 0 Å². The quantitative estimate of drug-likeness (QED) is 0.658. The van der Waals surface area contributed by atoms with Crippen molar-refractivity contribution in [1.82, 2.24) is 0 Å². The number of benzene rings is 3. The van der Waals surface area contributed by atoms with Gasteiger partial charge in [0, 0.05) is 5.41 Å². The van der Waals surface area contributed by atoms with Gasteiger partial charge >= 0.3 is 0 Å². The molecule has 0 bridgehead atoms. The average molecular weight is 316 g/mol. The molecule has 3 aromatic carbocycles. The summed E-state index contributed by atoms with van der Waals surface area (Å²) in [7, 11) is 0. The average Bonchev–Trinajstić information content (AvgIpc) is 2.62. The van der Waals surface area contributed by atoms with Crippen molar-refractivity contribution in [3.8, 4) is 5.75 Å². The van der Waals surface area contributed by atoms with Crippen molar-refractivity contribution in [2.24, 2.45) is 0 Å². The summed E-state index contributed by atoms with van der Waals surface area (Å²) in [4.78, 5) is 0. The molecule has 1 nitrogen and oxygen atoms in total. The van der Waals surface area contributed by atoms with Gasteiger partial charge in [0.15, 0.2) is 0 Å². The number of aryl methyl sites for hydroxylation is 1. The predicted octanol–water partition coefficient (Wildman–Crippen LogP) is 5.50. The van der Waals surface area contributed by atoms with Gasteiger partial charge in [0.2, 0.25) is 0 Å². The van der Waals surface area contributed by atoms with Crippen LogP contribution in [0.4, 0.5) is 0 Å². The highest BCUT2D eigenvalue weighted by atomic mass is 16.3. The van der Waals surface area contributed by atoms with Crippen LogP contribution in [0.15, 0.2) is 78.9 Å². The van der Waals surface area contributed by atoms with E-state index in [0.717, 1.165) is 18.4 Å². The third kappa shape index (κ3) is 3.35. The molecule has 0 unspecified atom stereocenters. The molecule has 0 saturated carbocycles.